The number of nitrogens with zero attached hydrogens (tertiary/aromatic N) is 1. The van der Waals surface area contributed by atoms with E-state index in [1.165, 1.54) is 0 Å². The predicted molar refractivity (Wildman–Crippen MR) is 41.9 cm³/mol. The second kappa shape index (κ2) is 3.05. The highest BCUT2D eigenvalue weighted by molar-refractivity contribution is 6.29. The zero-order valence-corrected chi connectivity index (χ0v) is 7.10. The lowest BCUT2D eigenvalue weighted by molar-refractivity contribution is 0.463. The molecule has 1 heterocycles. The van der Waals surface area contributed by atoms with E-state index in [4.69, 9.17) is 16.0 Å². The number of hydrogen-bond acceptors (Lipinski definition) is 3. The monoisotopic (exact) mass is 173 g/mol. The quantitative estimate of drug-likeness (QED) is 0.647. The summed E-state index contributed by atoms with van der Waals surface area (Å²) in [7, 11) is 0. The molecule has 0 aliphatic rings. The summed E-state index contributed by atoms with van der Waals surface area (Å²) in [4.78, 5) is 14.8. The average molecular weight is 174 g/mol. The van der Waals surface area contributed by atoms with E-state index in [1.807, 2.05) is 6.92 Å². The van der Waals surface area contributed by atoms with Crippen LogP contribution in [0.2, 0.25) is 5.15 Å². The second-order valence-corrected chi connectivity index (χ2v) is 2.51. The highest BCUT2D eigenvalue weighted by Gasteiger charge is 2.05. The van der Waals surface area contributed by atoms with Crippen LogP contribution in [0.25, 0.3) is 0 Å². The van der Waals surface area contributed by atoms with Crippen LogP contribution < -0.4 is 5.63 Å². The molecule has 0 aliphatic carbocycles. The summed E-state index contributed by atoms with van der Waals surface area (Å²) in [6.45, 7) is 3.43. The van der Waals surface area contributed by atoms with Crippen LogP contribution in [0.4, 0.5) is 0 Å². The first-order valence-electron chi connectivity index (χ1n) is 3.31. The Morgan fingerprint density at radius 2 is 2.27 bits per heavy atom. The molecule has 0 radical (unpaired) electrons. The van der Waals surface area contributed by atoms with Gasteiger partial charge in [0.2, 0.25) is 0 Å². The number of aromatic nitrogens is 1. The van der Waals surface area contributed by atoms with E-state index in [9.17, 15) is 4.79 Å². The van der Waals surface area contributed by atoms with Crippen molar-refractivity contribution in [3.63, 3.8) is 0 Å². The lowest BCUT2D eigenvalue weighted by Crippen LogP contribution is -2.10. The van der Waals surface area contributed by atoms with Crippen molar-refractivity contribution in [2.45, 2.75) is 20.3 Å². The molecule has 3 nitrogen and oxygen atoms in total. The van der Waals surface area contributed by atoms with Crippen LogP contribution in [0.3, 0.4) is 0 Å². The highest BCUT2D eigenvalue weighted by Crippen LogP contribution is 2.08. The summed E-state index contributed by atoms with van der Waals surface area (Å²) in [6.07, 6.45) is 0.544. The molecule has 11 heavy (non-hydrogen) atoms. The summed E-state index contributed by atoms with van der Waals surface area (Å²) >= 11 is 5.62. The lowest BCUT2D eigenvalue weighted by atomic mass is 10.3. The Morgan fingerprint density at radius 1 is 1.64 bits per heavy atom. The maximum atomic E-state index is 10.9. The molecule has 0 N–H and O–H groups in total. The molecule has 0 amide bonds. The number of aryl methyl sites for hydroxylation is 2. The van der Waals surface area contributed by atoms with E-state index in [-0.39, 0.29) is 5.15 Å². The van der Waals surface area contributed by atoms with E-state index in [1.54, 1.807) is 6.92 Å². The molecule has 0 aliphatic heterocycles. The first-order valence-corrected chi connectivity index (χ1v) is 3.69. The summed E-state index contributed by atoms with van der Waals surface area (Å²) < 4.78 is 4.78. The highest BCUT2D eigenvalue weighted by atomic mass is 35.5. The van der Waals surface area contributed by atoms with E-state index >= 15 is 0 Å². The third kappa shape index (κ3) is 1.60. The van der Waals surface area contributed by atoms with Gasteiger partial charge in [-0.1, -0.05) is 18.5 Å². The average Bonchev–Trinajstić information content (AvgIpc) is 1.97. The van der Waals surface area contributed by atoms with Gasteiger partial charge in [0, 0.05) is 0 Å². The molecule has 0 unspecified atom stereocenters. The Hall–Kier alpha value is -0.830. The molecule has 0 atom stereocenters. The standard InChI is InChI=1S/C7H8ClNO2/c1-3-5-7(10)11-4(2)6(8)9-5/h3H2,1-2H3. The molecule has 0 spiro atoms. The summed E-state index contributed by atoms with van der Waals surface area (Å²) in [5, 5.41) is 0.265. The van der Waals surface area contributed by atoms with Gasteiger partial charge in [-0.2, -0.15) is 0 Å². The minimum absolute atomic E-state index is 0.265. The summed E-state index contributed by atoms with van der Waals surface area (Å²) in [5.74, 6) is 0.369. The molecule has 60 valence electrons. The molecule has 4 heteroatoms. The van der Waals surface area contributed by atoms with Crippen molar-refractivity contribution in [1.29, 1.82) is 0 Å². The van der Waals surface area contributed by atoms with Crippen molar-refractivity contribution >= 4 is 11.6 Å². The van der Waals surface area contributed by atoms with Gasteiger partial charge in [-0.25, -0.2) is 9.78 Å². The van der Waals surface area contributed by atoms with E-state index in [0.717, 1.165) is 0 Å². The third-order valence-corrected chi connectivity index (χ3v) is 1.69. The Bertz CT molecular complexity index is 319. The van der Waals surface area contributed by atoms with Crippen molar-refractivity contribution in [3.05, 3.63) is 27.0 Å². The van der Waals surface area contributed by atoms with Crippen molar-refractivity contribution in [1.82, 2.24) is 4.98 Å². The van der Waals surface area contributed by atoms with Crippen molar-refractivity contribution in [2.24, 2.45) is 0 Å². The third-order valence-electron chi connectivity index (χ3n) is 1.34. The minimum atomic E-state index is -0.394. The summed E-state index contributed by atoms with van der Waals surface area (Å²) in [6, 6.07) is 0. The molecule has 0 saturated heterocycles. The van der Waals surface area contributed by atoms with Crippen molar-refractivity contribution < 1.29 is 4.42 Å². The van der Waals surface area contributed by atoms with E-state index in [0.29, 0.717) is 17.9 Å². The molecule has 0 bridgehead atoms. The Morgan fingerprint density at radius 3 is 2.82 bits per heavy atom. The van der Waals surface area contributed by atoms with Gasteiger partial charge in [-0.15, -0.1) is 0 Å². The van der Waals surface area contributed by atoms with Crippen LogP contribution in [0.15, 0.2) is 9.21 Å². The Balaban J connectivity index is 3.32. The molecule has 1 rings (SSSR count). The van der Waals surface area contributed by atoms with Gasteiger partial charge >= 0.3 is 5.63 Å². The zero-order chi connectivity index (χ0) is 8.43. The normalized spacial score (nSPS) is 10.1. The maximum absolute atomic E-state index is 10.9. The van der Waals surface area contributed by atoms with Crippen LogP contribution in [0.5, 0.6) is 0 Å². The number of hydrogen-bond donors (Lipinski definition) is 0. The van der Waals surface area contributed by atoms with Crippen molar-refractivity contribution in [2.75, 3.05) is 0 Å². The molecule has 1 aromatic rings. The fourth-order valence-electron chi connectivity index (χ4n) is 0.706. The maximum Gasteiger partial charge on any atom is 0.357 e. The molecule has 0 aromatic carbocycles. The van der Waals surface area contributed by atoms with E-state index < -0.39 is 5.63 Å². The zero-order valence-electron chi connectivity index (χ0n) is 6.35. The van der Waals surface area contributed by atoms with Gasteiger partial charge in [0.25, 0.3) is 0 Å². The first kappa shape index (κ1) is 8.27. The van der Waals surface area contributed by atoms with Crippen LogP contribution in [0, 0.1) is 6.92 Å². The smallest absolute Gasteiger partial charge is 0.357 e. The molecule has 0 saturated carbocycles. The molecule has 0 fully saturated rings. The Labute approximate surface area is 69.0 Å². The fourth-order valence-corrected chi connectivity index (χ4v) is 0.847. The SMILES string of the molecule is CCc1nc(Cl)c(C)oc1=O. The number of halogens is 1. The largest absolute Gasteiger partial charge is 0.424 e. The molecule has 1 aromatic heterocycles. The van der Waals surface area contributed by atoms with Gasteiger partial charge in [0.1, 0.15) is 11.5 Å². The fraction of sp³-hybridized carbons (Fsp3) is 0.429. The van der Waals surface area contributed by atoms with Gasteiger partial charge in [-0.05, 0) is 13.3 Å². The second-order valence-electron chi connectivity index (χ2n) is 2.15. The molecular formula is C7H8ClNO2. The van der Waals surface area contributed by atoms with Gasteiger partial charge in [0.15, 0.2) is 5.15 Å². The Kier molecular flexibility index (Phi) is 2.29. The molecular weight excluding hydrogens is 166 g/mol. The van der Waals surface area contributed by atoms with E-state index in [2.05, 4.69) is 4.98 Å². The van der Waals surface area contributed by atoms with Gasteiger partial charge in [0.05, 0.1) is 0 Å². The lowest BCUT2D eigenvalue weighted by Gasteiger charge is -1.96. The number of rotatable bonds is 1. The summed E-state index contributed by atoms with van der Waals surface area (Å²) in [5.41, 5.74) is -0.0185. The van der Waals surface area contributed by atoms with Crippen molar-refractivity contribution in [3.8, 4) is 0 Å². The topological polar surface area (TPSA) is 43.1 Å². The van der Waals surface area contributed by atoms with Crippen LogP contribution in [0.1, 0.15) is 18.4 Å². The van der Waals surface area contributed by atoms with Crippen LogP contribution in [-0.2, 0) is 6.42 Å². The first-order chi connectivity index (χ1) is 5.15. The van der Waals surface area contributed by atoms with Crippen LogP contribution in [-0.4, -0.2) is 4.98 Å². The van der Waals surface area contributed by atoms with Gasteiger partial charge in [-0.3, -0.25) is 0 Å². The van der Waals surface area contributed by atoms with Crippen LogP contribution >= 0.6 is 11.6 Å². The minimum Gasteiger partial charge on any atom is -0.424 e. The van der Waals surface area contributed by atoms with Gasteiger partial charge < -0.3 is 4.42 Å². The predicted octanol–water partition coefficient (Wildman–Crippen LogP) is 1.56.